The maximum absolute atomic E-state index is 12.0. The molecule has 1 aliphatic heterocycles. The molecule has 0 atom stereocenters. The maximum atomic E-state index is 12.0. The zero-order valence-corrected chi connectivity index (χ0v) is 12.1. The fraction of sp³-hybridized carbons (Fsp3) is 0.636. The van der Waals surface area contributed by atoms with Crippen molar-refractivity contribution in [2.75, 3.05) is 39.8 Å². The molecule has 0 bridgehead atoms. The van der Waals surface area contributed by atoms with Crippen LogP contribution in [0.25, 0.3) is 0 Å². The van der Waals surface area contributed by atoms with Crippen molar-refractivity contribution < 1.29 is 4.79 Å². The van der Waals surface area contributed by atoms with Gasteiger partial charge in [0.05, 0.1) is 12.1 Å². The summed E-state index contributed by atoms with van der Waals surface area (Å²) in [6.45, 7) is 4.75. The highest BCUT2D eigenvalue weighted by Gasteiger charge is 2.17. The minimum atomic E-state index is 0. The predicted octanol–water partition coefficient (Wildman–Crippen LogP) is 0.429. The Balaban J connectivity index is 0.00000162. The summed E-state index contributed by atoms with van der Waals surface area (Å²) in [5.41, 5.74) is 1.82. The van der Waals surface area contributed by atoms with Crippen LogP contribution in [0.5, 0.6) is 0 Å². The largest absolute Gasteiger partial charge is 0.339 e. The molecule has 1 saturated heterocycles. The SMILES string of the molecule is CN(CC(=O)N1CCNCC1)Cc1cncs1.Cl. The van der Waals surface area contributed by atoms with Crippen LogP contribution in [0.15, 0.2) is 11.7 Å². The smallest absolute Gasteiger partial charge is 0.236 e. The van der Waals surface area contributed by atoms with E-state index in [1.165, 1.54) is 4.88 Å². The molecule has 0 saturated carbocycles. The van der Waals surface area contributed by atoms with E-state index in [1.807, 2.05) is 28.6 Å². The number of thiazole rings is 1. The molecule has 0 spiro atoms. The van der Waals surface area contributed by atoms with E-state index < -0.39 is 0 Å². The van der Waals surface area contributed by atoms with E-state index >= 15 is 0 Å². The Labute approximate surface area is 118 Å². The van der Waals surface area contributed by atoms with Crippen LogP contribution in [0.2, 0.25) is 0 Å². The lowest BCUT2D eigenvalue weighted by Gasteiger charge is -2.29. The number of hydrogen-bond donors (Lipinski definition) is 1. The fourth-order valence-corrected chi connectivity index (χ4v) is 2.56. The molecule has 0 aliphatic carbocycles. The first-order chi connectivity index (χ1) is 8.25. The molecule has 18 heavy (non-hydrogen) atoms. The van der Waals surface area contributed by atoms with Gasteiger partial charge < -0.3 is 10.2 Å². The van der Waals surface area contributed by atoms with Crippen molar-refractivity contribution in [3.8, 4) is 0 Å². The highest BCUT2D eigenvalue weighted by molar-refractivity contribution is 7.09. The van der Waals surface area contributed by atoms with Gasteiger partial charge in [0.25, 0.3) is 0 Å². The van der Waals surface area contributed by atoms with E-state index in [4.69, 9.17) is 0 Å². The lowest BCUT2D eigenvalue weighted by Crippen LogP contribution is -2.49. The molecule has 102 valence electrons. The second-order valence-corrected chi connectivity index (χ2v) is 5.24. The average Bonchev–Trinajstić information content (AvgIpc) is 2.82. The third kappa shape index (κ3) is 4.53. The van der Waals surface area contributed by atoms with Crippen molar-refractivity contribution in [2.24, 2.45) is 0 Å². The van der Waals surface area contributed by atoms with Crippen molar-refractivity contribution in [2.45, 2.75) is 6.54 Å². The minimum absolute atomic E-state index is 0. The highest BCUT2D eigenvalue weighted by Crippen LogP contribution is 2.08. The summed E-state index contributed by atoms with van der Waals surface area (Å²) >= 11 is 1.63. The second kappa shape index (κ2) is 7.68. The molecular formula is C11H19ClN4OS. The van der Waals surface area contributed by atoms with Gasteiger partial charge in [0.1, 0.15) is 0 Å². The summed E-state index contributed by atoms with van der Waals surface area (Å²) in [6, 6.07) is 0. The first-order valence-electron chi connectivity index (χ1n) is 5.80. The molecule has 0 unspecified atom stereocenters. The van der Waals surface area contributed by atoms with Crippen LogP contribution in [0.3, 0.4) is 0 Å². The zero-order chi connectivity index (χ0) is 12.1. The number of carbonyl (C=O) groups is 1. The topological polar surface area (TPSA) is 48.5 Å². The van der Waals surface area contributed by atoms with Crippen LogP contribution >= 0.6 is 23.7 Å². The summed E-state index contributed by atoms with van der Waals surface area (Å²) in [6.07, 6.45) is 1.86. The lowest BCUT2D eigenvalue weighted by atomic mass is 10.3. The monoisotopic (exact) mass is 290 g/mol. The fourth-order valence-electron chi connectivity index (χ4n) is 1.89. The molecule has 2 rings (SSSR count). The Morgan fingerprint density at radius 1 is 1.56 bits per heavy atom. The molecule has 1 aliphatic rings. The lowest BCUT2D eigenvalue weighted by molar-refractivity contribution is -0.132. The van der Waals surface area contributed by atoms with Crippen LogP contribution in [0.1, 0.15) is 4.88 Å². The van der Waals surface area contributed by atoms with Gasteiger partial charge in [-0.05, 0) is 7.05 Å². The summed E-state index contributed by atoms with van der Waals surface area (Å²) in [5, 5.41) is 3.25. The molecule has 2 heterocycles. The first kappa shape index (κ1) is 15.4. The van der Waals surface area contributed by atoms with Crippen LogP contribution in [-0.2, 0) is 11.3 Å². The number of rotatable bonds is 4. The zero-order valence-electron chi connectivity index (χ0n) is 10.5. The Bertz CT molecular complexity index is 354. The van der Waals surface area contributed by atoms with Crippen molar-refractivity contribution in [1.82, 2.24) is 20.1 Å². The maximum Gasteiger partial charge on any atom is 0.236 e. The van der Waals surface area contributed by atoms with Crippen molar-refractivity contribution in [1.29, 1.82) is 0 Å². The Hall–Kier alpha value is -0.690. The van der Waals surface area contributed by atoms with Crippen LogP contribution in [0.4, 0.5) is 0 Å². The van der Waals surface area contributed by atoms with Gasteiger partial charge in [0.2, 0.25) is 5.91 Å². The number of nitrogens with zero attached hydrogens (tertiary/aromatic N) is 3. The molecular weight excluding hydrogens is 272 g/mol. The third-order valence-electron chi connectivity index (χ3n) is 2.78. The molecule has 1 aromatic heterocycles. The average molecular weight is 291 g/mol. The van der Waals surface area contributed by atoms with Gasteiger partial charge in [0, 0.05) is 43.8 Å². The number of carbonyl (C=O) groups excluding carboxylic acids is 1. The quantitative estimate of drug-likeness (QED) is 0.874. The van der Waals surface area contributed by atoms with Gasteiger partial charge in [-0.15, -0.1) is 23.7 Å². The van der Waals surface area contributed by atoms with Crippen LogP contribution in [-0.4, -0.2) is 60.5 Å². The van der Waals surface area contributed by atoms with Crippen molar-refractivity contribution >= 4 is 29.7 Å². The van der Waals surface area contributed by atoms with E-state index in [1.54, 1.807) is 11.3 Å². The van der Waals surface area contributed by atoms with Gasteiger partial charge in [-0.1, -0.05) is 0 Å². The van der Waals surface area contributed by atoms with E-state index in [0.717, 1.165) is 32.7 Å². The predicted molar refractivity (Wildman–Crippen MR) is 75.1 cm³/mol. The van der Waals surface area contributed by atoms with Crippen LogP contribution < -0.4 is 5.32 Å². The normalized spacial score (nSPS) is 15.6. The molecule has 5 nitrogen and oxygen atoms in total. The van der Waals surface area contributed by atoms with Gasteiger partial charge in [-0.25, -0.2) is 0 Å². The number of nitrogens with one attached hydrogen (secondary N) is 1. The number of hydrogen-bond acceptors (Lipinski definition) is 5. The Kier molecular flexibility index (Phi) is 6.56. The van der Waals surface area contributed by atoms with Gasteiger partial charge in [-0.3, -0.25) is 14.7 Å². The summed E-state index contributed by atoms with van der Waals surface area (Å²) in [5.74, 6) is 0.221. The third-order valence-corrected chi connectivity index (χ3v) is 3.55. The summed E-state index contributed by atoms with van der Waals surface area (Å²) < 4.78 is 0. The van der Waals surface area contributed by atoms with Gasteiger partial charge >= 0.3 is 0 Å². The number of amides is 1. The Morgan fingerprint density at radius 3 is 2.89 bits per heavy atom. The molecule has 7 heteroatoms. The number of halogens is 1. The molecule has 1 amide bonds. The number of aromatic nitrogens is 1. The number of likely N-dealkylation sites (N-methyl/N-ethyl adjacent to an activating group) is 1. The van der Waals surface area contributed by atoms with Gasteiger partial charge in [0.15, 0.2) is 0 Å². The Morgan fingerprint density at radius 2 is 2.28 bits per heavy atom. The molecule has 1 fully saturated rings. The standard InChI is InChI=1S/C11H18N4OS.ClH/c1-14(7-10-6-13-9-17-10)8-11(16)15-4-2-12-3-5-15;/h6,9,12H,2-5,7-8H2,1H3;1H. The van der Waals surface area contributed by atoms with E-state index in [2.05, 4.69) is 10.3 Å². The highest BCUT2D eigenvalue weighted by atomic mass is 35.5. The molecule has 0 aromatic carbocycles. The molecule has 1 N–H and O–H groups in total. The van der Waals surface area contributed by atoms with Gasteiger partial charge in [-0.2, -0.15) is 0 Å². The molecule has 1 aromatic rings. The summed E-state index contributed by atoms with van der Waals surface area (Å²) in [4.78, 5) is 21.2. The second-order valence-electron chi connectivity index (χ2n) is 4.27. The van der Waals surface area contributed by atoms with E-state index in [0.29, 0.717) is 6.54 Å². The summed E-state index contributed by atoms with van der Waals surface area (Å²) in [7, 11) is 1.97. The van der Waals surface area contributed by atoms with E-state index in [9.17, 15) is 4.79 Å². The van der Waals surface area contributed by atoms with Crippen LogP contribution in [0, 0.1) is 0 Å². The van der Waals surface area contributed by atoms with Crippen molar-refractivity contribution in [3.63, 3.8) is 0 Å². The molecule has 0 radical (unpaired) electrons. The first-order valence-corrected chi connectivity index (χ1v) is 6.68. The number of piperazine rings is 1. The van der Waals surface area contributed by atoms with E-state index in [-0.39, 0.29) is 18.3 Å². The minimum Gasteiger partial charge on any atom is -0.339 e. The van der Waals surface area contributed by atoms with Crippen molar-refractivity contribution in [3.05, 3.63) is 16.6 Å².